The highest BCUT2D eigenvalue weighted by atomic mass is 35.5. The van der Waals surface area contributed by atoms with Gasteiger partial charge >= 0.3 is 5.97 Å². The number of fused-ring (bicyclic) bond motifs is 1. The van der Waals surface area contributed by atoms with Crippen molar-refractivity contribution in [3.05, 3.63) is 70.8 Å². The Bertz CT molecular complexity index is 799. The van der Waals surface area contributed by atoms with Crippen molar-refractivity contribution in [3.8, 4) is 0 Å². The van der Waals surface area contributed by atoms with Crippen molar-refractivity contribution < 1.29 is 14.7 Å². The number of carboxylic acids is 1. The number of amides is 1. The summed E-state index contributed by atoms with van der Waals surface area (Å²) in [4.78, 5) is 25.2. The van der Waals surface area contributed by atoms with E-state index in [-0.39, 0.29) is 12.3 Å². The molecule has 0 saturated carbocycles. The van der Waals surface area contributed by atoms with Gasteiger partial charge in [0.15, 0.2) is 0 Å². The van der Waals surface area contributed by atoms with E-state index in [2.05, 4.69) is 0 Å². The fourth-order valence-electron chi connectivity index (χ4n) is 2.64. The van der Waals surface area contributed by atoms with Crippen molar-refractivity contribution in [3.63, 3.8) is 0 Å². The number of hydrogen-bond donors (Lipinski definition) is 1. The topological polar surface area (TPSA) is 57.6 Å². The van der Waals surface area contributed by atoms with Gasteiger partial charge in [0, 0.05) is 16.2 Å². The molecule has 0 aliphatic carbocycles. The van der Waals surface area contributed by atoms with Crippen LogP contribution in [0.1, 0.15) is 17.5 Å². The Kier molecular flexibility index (Phi) is 4.17. The van der Waals surface area contributed by atoms with E-state index in [1.165, 1.54) is 6.08 Å². The average molecular weight is 328 g/mol. The van der Waals surface area contributed by atoms with Gasteiger partial charge in [-0.25, -0.2) is 0 Å². The van der Waals surface area contributed by atoms with Gasteiger partial charge in [-0.05, 0) is 23.8 Å². The van der Waals surface area contributed by atoms with Crippen LogP contribution in [-0.2, 0) is 16.1 Å². The molecule has 1 N–H and O–H groups in total. The van der Waals surface area contributed by atoms with Gasteiger partial charge in [0.05, 0.1) is 18.7 Å². The van der Waals surface area contributed by atoms with E-state index < -0.39 is 5.97 Å². The molecule has 0 bridgehead atoms. The molecular weight excluding hydrogens is 314 g/mol. The van der Waals surface area contributed by atoms with Crippen LogP contribution in [0, 0.1) is 0 Å². The Morgan fingerprint density at radius 2 is 1.91 bits per heavy atom. The molecule has 0 unspecified atom stereocenters. The molecular formula is C18H14ClNO3. The van der Waals surface area contributed by atoms with Crippen LogP contribution in [-0.4, -0.2) is 17.0 Å². The number of aliphatic carboxylic acids is 1. The van der Waals surface area contributed by atoms with Crippen molar-refractivity contribution >= 4 is 34.7 Å². The first-order valence-electron chi connectivity index (χ1n) is 7.14. The molecule has 0 atom stereocenters. The number of carbonyl (C=O) groups excluding carboxylic acids is 1. The highest BCUT2D eigenvalue weighted by Crippen LogP contribution is 2.39. The minimum atomic E-state index is -0.976. The smallest absolute Gasteiger partial charge is 0.307 e. The van der Waals surface area contributed by atoms with E-state index in [9.17, 15) is 9.59 Å². The summed E-state index contributed by atoms with van der Waals surface area (Å²) in [5, 5.41) is 9.38. The van der Waals surface area contributed by atoms with Gasteiger partial charge in [0.2, 0.25) is 0 Å². The van der Waals surface area contributed by atoms with Crippen molar-refractivity contribution in [2.24, 2.45) is 0 Å². The molecule has 2 aromatic rings. The fourth-order valence-corrected chi connectivity index (χ4v) is 2.81. The molecule has 116 valence electrons. The molecule has 1 aliphatic rings. The quantitative estimate of drug-likeness (QED) is 0.870. The molecule has 0 saturated heterocycles. The first kappa shape index (κ1) is 15.3. The lowest BCUT2D eigenvalue weighted by atomic mass is 10.1. The number of hydrogen-bond acceptors (Lipinski definition) is 2. The summed E-state index contributed by atoms with van der Waals surface area (Å²) in [7, 11) is 0. The van der Waals surface area contributed by atoms with Gasteiger partial charge in [0.1, 0.15) is 0 Å². The Morgan fingerprint density at radius 1 is 1.17 bits per heavy atom. The zero-order chi connectivity index (χ0) is 16.4. The molecule has 0 spiro atoms. The lowest BCUT2D eigenvalue weighted by Crippen LogP contribution is -2.25. The zero-order valence-corrected chi connectivity index (χ0v) is 13.0. The average Bonchev–Trinajstić information content (AvgIpc) is 2.78. The Labute approximate surface area is 138 Å². The van der Waals surface area contributed by atoms with Crippen LogP contribution in [0.3, 0.4) is 0 Å². The van der Waals surface area contributed by atoms with Gasteiger partial charge in [-0.2, -0.15) is 0 Å². The highest BCUT2D eigenvalue weighted by Gasteiger charge is 2.32. The molecule has 3 rings (SSSR count). The number of benzene rings is 2. The minimum Gasteiger partial charge on any atom is -0.481 e. The van der Waals surface area contributed by atoms with Crippen molar-refractivity contribution in [1.29, 1.82) is 0 Å². The van der Waals surface area contributed by atoms with Gasteiger partial charge in [-0.15, -0.1) is 0 Å². The van der Waals surface area contributed by atoms with Gasteiger partial charge in [-0.3, -0.25) is 9.59 Å². The number of carboxylic acid groups (broad SMARTS) is 1. The third-order valence-corrected chi connectivity index (χ3v) is 3.91. The van der Waals surface area contributed by atoms with Crippen molar-refractivity contribution in [2.75, 3.05) is 4.90 Å². The van der Waals surface area contributed by atoms with Crippen LogP contribution in [0.4, 0.5) is 5.69 Å². The van der Waals surface area contributed by atoms with Crippen molar-refractivity contribution in [1.82, 2.24) is 0 Å². The fraction of sp³-hybridized carbons (Fsp3) is 0.111. The maximum Gasteiger partial charge on any atom is 0.307 e. The summed E-state index contributed by atoms with van der Waals surface area (Å²) < 4.78 is 0. The number of carbonyl (C=O) groups is 2. The number of anilines is 1. The van der Waals surface area contributed by atoms with E-state index in [4.69, 9.17) is 16.7 Å². The minimum absolute atomic E-state index is 0.202. The molecule has 4 nitrogen and oxygen atoms in total. The zero-order valence-electron chi connectivity index (χ0n) is 12.2. The Hall–Kier alpha value is -2.59. The lowest BCUT2D eigenvalue weighted by Gasteiger charge is -2.17. The van der Waals surface area contributed by atoms with Crippen LogP contribution in [0.25, 0.3) is 5.57 Å². The van der Waals surface area contributed by atoms with Crippen LogP contribution in [0.5, 0.6) is 0 Å². The molecule has 1 aliphatic heterocycles. The van der Waals surface area contributed by atoms with E-state index in [0.29, 0.717) is 22.7 Å². The monoisotopic (exact) mass is 327 g/mol. The maximum absolute atomic E-state index is 12.7. The molecule has 5 heteroatoms. The van der Waals surface area contributed by atoms with Gasteiger partial charge in [0.25, 0.3) is 5.91 Å². The molecule has 0 radical (unpaired) electrons. The second-order valence-corrected chi connectivity index (χ2v) is 5.69. The molecule has 0 fully saturated rings. The van der Waals surface area contributed by atoms with Crippen molar-refractivity contribution in [2.45, 2.75) is 13.0 Å². The first-order valence-corrected chi connectivity index (χ1v) is 7.51. The number of rotatable bonds is 4. The summed E-state index contributed by atoms with van der Waals surface area (Å²) in [6.07, 6.45) is 1.25. The molecule has 2 aromatic carbocycles. The maximum atomic E-state index is 12.7. The van der Waals surface area contributed by atoms with Gasteiger partial charge < -0.3 is 10.0 Å². The lowest BCUT2D eigenvalue weighted by molar-refractivity contribution is -0.135. The van der Waals surface area contributed by atoms with Crippen LogP contribution >= 0.6 is 11.6 Å². The summed E-state index contributed by atoms with van der Waals surface area (Å²) in [6.45, 7) is 0.429. The third-order valence-electron chi connectivity index (χ3n) is 3.68. The summed E-state index contributed by atoms with van der Waals surface area (Å²) in [5.41, 5.74) is 2.82. The van der Waals surface area contributed by atoms with E-state index in [1.807, 2.05) is 30.3 Å². The van der Waals surface area contributed by atoms with Crippen LogP contribution in [0.15, 0.2) is 54.6 Å². The van der Waals surface area contributed by atoms with E-state index in [1.54, 1.807) is 23.1 Å². The standard InChI is InChI=1S/C18H14ClNO3/c19-13-6-8-16-15(10-13)14(7-9-17(21)22)18(23)20(16)11-12-4-2-1-3-5-12/h1-8,10H,9,11H2,(H,21,22)/b14-7-. The van der Waals surface area contributed by atoms with Crippen LogP contribution < -0.4 is 4.90 Å². The third kappa shape index (κ3) is 3.12. The summed E-state index contributed by atoms with van der Waals surface area (Å²) in [5.74, 6) is -1.18. The second kappa shape index (κ2) is 6.26. The predicted octanol–water partition coefficient (Wildman–Crippen LogP) is 3.74. The normalized spacial score (nSPS) is 15.1. The SMILES string of the molecule is O=C(O)C/C=C1\C(=O)N(Cc2ccccc2)c2ccc(Cl)cc21. The molecule has 0 aromatic heterocycles. The first-order chi connectivity index (χ1) is 11.1. The second-order valence-electron chi connectivity index (χ2n) is 5.25. The highest BCUT2D eigenvalue weighted by molar-refractivity contribution is 6.35. The number of nitrogens with zero attached hydrogens (tertiary/aromatic N) is 1. The van der Waals surface area contributed by atoms with E-state index in [0.717, 1.165) is 11.3 Å². The number of halogens is 1. The van der Waals surface area contributed by atoms with Gasteiger partial charge in [-0.1, -0.05) is 48.0 Å². The summed E-state index contributed by atoms with van der Waals surface area (Å²) >= 11 is 6.03. The van der Waals surface area contributed by atoms with Crippen LogP contribution in [0.2, 0.25) is 5.02 Å². The molecule has 23 heavy (non-hydrogen) atoms. The molecule has 1 heterocycles. The molecule has 1 amide bonds. The largest absolute Gasteiger partial charge is 0.481 e. The van der Waals surface area contributed by atoms with E-state index >= 15 is 0 Å². The summed E-state index contributed by atoms with van der Waals surface area (Å²) in [6, 6.07) is 14.9. The Morgan fingerprint density at radius 3 is 2.61 bits per heavy atom. The predicted molar refractivity (Wildman–Crippen MR) is 89.3 cm³/mol. The Balaban J connectivity index is 2.01.